The number of carbonyl (C=O) groups excluding carboxylic acids is 1. The van der Waals surface area contributed by atoms with Gasteiger partial charge in [0.2, 0.25) is 5.91 Å². The van der Waals surface area contributed by atoms with Crippen molar-refractivity contribution in [1.82, 2.24) is 5.32 Å². The molecule has 1 unspecified atom stereocenters. The third-order valence-electron chi connectivity index (χ3n) is 3.98. The van der Waals surface area contributed by atoms with E-state index in [0.29, 0.717) is 6.42 Å². The smallest absolute Gasteiger partial charge is 0.224 e. The summed E-state index contributed by atoms with van der Waals surface area (Å²) in [6.07, 6.45) is 1.17. The average Bonchev–Trinajstić information content (AvgIpc) is 2.49. The Balaban J connectivity index is 1.97. The molecule has 0 aliphatic heterocycles. The molecule has 1 N–H and O–H groups in total. The molecule has 0 aliphatic rings. The van der Waals surface area contributed by atoms with Gasteiger partial charge in [-0.1, -0.05) is 42.0 Å². The number of hydrogen-bond donors (Lipinski definition) is 1. The maximum Gasteiger partial charge on any atom is 0.224 e. The number of amides is 1. The van der Waals surface area contributed by atoms with Crippen molar-refractivity contribution >= 4 is 5.91 Å². The predicted molar refractivity (Wildman–Crippen MR) is 93.9 cm³/mol. The molecule has 0 heterocycles. The van der Waals surface area contributed by atoms with Crippen molar-refractivity contribution in [2.24, 2.45) is 0 Å². The molecule has 3 heteroatoms. The van der Waals surface area contributed by atoms with E-state index in [2.05, 4.69) is 24.4 Å². The highest BCUT2D eigenvalue weighted by molar-refractivity contribution is 5.79. The summed E-state index contributed by atoms with van der Waals surface area (Å²) in [6.45, 7) is 6.15. The van der Waals surface area contributed by atoms with Crippen LogP contribution >= 0.6 is 0 Å². The number of rotatable bonds is 6. The highest BCUT2D eigenvalue weighted by atomic mass is 16.5. The van der Waals surface area contributed by atoms with Crippen LogP contribution in [0.3, 0.4) is 0 Å². The van der Waals surface area contributed by atoms with Gasteiger partial charge >= 0.3 is 0 Å². The maximum atomic E-state index is 12.3. The van der Waals surface area contributed by atoms with Crippen molar-refractivity contribution in [2.45, 2.75) is 39.7 Å². The number of hydrogen-bond acceptors (Lipinski definition) is 2. The van der Waals surface area contributed by atoms with Gasteiger partial charge in [-0.15, -0.1) is 0 Å². The summed E-state index contributed by atoms with van der Waals surface area (Å²) < 4.78 is 5.34. The number of nitrogens with one attached hydrogen (secondary N) is 1. The second-order valence-corrected chi connectivity index (χ2v) is 6.09. The number of benzene rings is 2. The van der Waals surface area contributed by atoms with E-state index in [-0.39, 0.29) is 11.9 Å². The molecular weight excluding hydrogens is 286 g/mol. The molecule has 2 rings (SSSR count). The number of aryl methyl sites for hydroxylation is 2. The lowest BCUT2D eigenvalue weighted by molar-refractivity contribution is -0.121. The Hall–Kier alpha value is -2.29. The van der Waals surface area contributed by atoms with Gasteiger partial charge in [0.1, 0.15) is 5.75 Å². The predicted octanol–water partition coefficient (Wildman–Crippen LogP) is 3.60. The first-order valence-corrected chi connectivity index (χ1v) is 7.97. The van der Waals surface area contributed by atoms with Gasteiger partial charge in [0.25, 0.3) is 0 Å². The Bertz CT molecular complexity index is 679. The molecule has 0 radical (unpaired) electrons. The fourth-order valence-electron chi connectivity index (χ4n) is 2.76. The van der Waals surface area contributed by atoms with E-state index in [1.807, 2.05) is 44.2 Å². The van der Waals surface area contributed by atoms with Crippen molar-refractivity contribution in [3.05, 3.63) is 64.7 Å². The first kappa shape index (κ1) is 17.1. The van der Waals surface area contributed by atoms with Crippen molar-refractivity contribution in [1.29, 1.82) is 0 Å². The standard InChI is InChI=1S/C20H25NO2/c1-14-9-10-19(23-4)18(11-14)13-20(22)21-16(3)12-17-8-6-5-7-15(17)2/h5-11,16H,12-13H2,1-4H3,(H,21,22). The van der Waals surface area contributed by atoms with Crippen LogP contribution in [0.5, 0.6) is 5.75 Å². The van der Waals surface area contributed by atoms with Gasteiger partial charge < -0.3 is 10.1 Å². The van der Waals surface area contributed by atoms with Crippen LogP contribution in [0, 0.1) is 13.8 Å². The molecule has 0 aromatic heterocycles. The molecule has 0 aliphatic carbocycles. The molecule has 1 atom stereocenters. The summed E-state index contributed by atoms with van der Waals surface area (Å²) in [6, 6.07) is 14.3. The van der Waals surface area contributed by atoms with Crippen LogP contribution in [0.15, 0.2) is 42.5 Å². The van der Waals surface area contributed by atoms with E-state index < -0.39 is 0 Å². The second-order valence-electron chi connectivity index (χ2n) is 6.09. The van der Waals surface area contributed by atoms with Crippen LogP contribution in [0.2, 0.25) is 0 Å². The minimum Gasteiger partial charge on any atom is -0.496 e. The summed E-state index contributed by atoms with van der Waals surface area (Å²) >= 11 is 0. The SMILES string of the molecule is COc1ccc(C)cc1CC(=O)NC(C)Cc1ccccc1C. The normalized spacial score (nSPS) is 11.8. The van der Waals surface area contributed by atoms with Crippen LogP contribution in [0.4, 0.5) is 0 Å². The van der Waals surface area contributed by atoms with Gasteiger partial charge in [0.05, 0.1) is 13.5 Å². The van der Waals surface area contributed by atoms with Crippen LogP contribution in [-0.4, -0.2) is 19.1 Å². The Morgan fingerprint density at radius 1 is 1.13 bits per heavy atom. The molecular formula is C20H25NO2. The molecule has 0 spiro atoms. The number of ether oxygens (including phenoxy) is 1. The maximum absolute atomic E-state index is 12.3. The molecule has 0 fully saturated rings. The van der Waals surface area contributed by atoms with Gasteiger partial charge in [0, 0.05) is 11.6 Å². The average molecular weight is 311 g/mol. The molecule has 23 heavy (non-hydrogen) atoms. The lowest BCUT2D eigenvalue weighted by Crippen LogP contribution is -2.35. The Kier molecular flexibility index (Phi) is 5.80. The van der Waals surface area contributed by atoms with Gasteiger partial charge in [0.15, 0.2) is 0 Å². The number of methoxy groups -OCH3 is 1. The van der Waals surface area contributed by atoms with Crippen molar-refractivity contribution in [2.75, 3.05) is 7.11 Å². The molecule has 2 aromatic carbocycles. The summed E-state index contributed by atoms with van der Waals surface area (Å²) in [5, 5.41) is 3.08. The fraction of sp³-hybridized carbons (Fsp3) is 0.350. The zero-order valence-electron chi connectivity index (χ0n) is 14.3. The minimum atomic E-state index is 0.0231. The van der Waals surface area contributed by atoms with Gasteiger partial charge in [-0.25, -0.2) is 0 Å². The largest absolute Gasteiger partial charge is 0.496 e. The fourth-order valence-corrected chi connectivity index (χ4v) is 2.76. The topological polar surface area (TPSA) is 38.3 Å². The molecule has 2 aromatic rings. The second kappa shape index (κ2) is 7.82. The molecule has 0 saturated carbocycles. The Morgan fingerprint density at radius 3 is 2.57 bits per heavy atom. The van der Waals surface area contributed by atoms with E-state index >= 15 is 0 Å². The van der Waals surface area contributed by atoms with Gasteiger partial charge in [-0.05, 0) is 44.4 Å². The van der Waals surface area contributed by atoms with E-state index in [0.717, 1.165) is 23.3 Å². The van der Waals surface area contributed by atoms with Gasteiger partial charge in [-0.2, -0.15) is 0 Å². The zero-order valence-corrected chi connectivity index (χ0v) is 14.3. The van der Waals surface area contributed by atoms with Gasteiger partial charge in [-0.3, -0.25) is 4.79 Å². The summed E-state index contributed by atoms with van der Waals surface area (Å²) in [4.78, 5) is 12.3. The highest BCUT2D eigenvalue weighted by Gasteiger charge is 2.12. The van der Waals surface area contributed by atoms with E-state index in [4.69, 9.17) is 4.74 Å². The molecule has 122 valence electrons. The summed E-state index contributed by atoms with van der Waals surface area (Å²) in [7, 11) is 1.63. The third kappa shape index (κ3) is 4.85. The minimum absolute atomic E-state index is 0.0231. The van der Waals surface area contributed by atoms with Crippen molar-refractivity contribution < 1.29 is 9.53 Å². The Labute approximate surface area is 138 Å². The third-order valence-corrected chi connectivity index (χ3v) is 3.98. The summed E-state index contributed by atoms with van der Waals surface area (Å²) in [5.74, 6) is 0.785. The van der Waals surface area contributed by atoms with E-state index in [9.17, 15) is 4.79 Å². The van der Waals surface area contributed by atoms with E-state index in [1.54, 1.807) is 7.11 Å². The Morgan fingerprint density at radius 2 is 1.87 bits per heavy atom. The van der Waals surface area contributed by atoms with Crippen molar-refractivity contribution in [3.8, 4) is 5.75 Å². The zero-order chi connectivity index (χ0) is 16.8. The molecule has 3 nitrogen and oxygen atoms in total. The van der Waals surface area contributed by atoms with Crippen LogP contribution in [0.1, 0.15) is 29.2 Å². The first-order chi connectivity index (χ1) is 11.0. The first-order valence-electron chi connectivity index (χ1n) is 7.97. The lowest BCUT2D eigenvalue weighted by Gasteiger charge is -2.16. The lowest BCUT2D eigenvalue weighted by atomic mass is 10.0. The van der Waals surface area contributed by atoms with Crippen LogP contribution in [0.25, 0.3) is 0 Å². The molecule has 1 amide bonds. The quantitative estimate of drug-likeness (QED) is 0.885. The molecule has 0 saturated heterocycles. The van der Waals surface area contributed by atoms with Crippen LogP contribution in [-0.2, 0) is 17.6 Å². The van der Waals surface area contributed by atoms with Crippen LogP contribution < -0.4 is 10.1 Å². The summed E-state index contributed by atoms with van der Waals surface area (Å²) in [5.41, 5.74) is 4.58. The highest BCUT2D eigenvalue weighted by Crippen LogP contribution is 2.20. The van der Waals surface area contributed by atoms with Crippen molar-refractivity contribution in [3.63, 3.8) is 0 Å². The number of carbonyl (C=O) groups is 1. The molecule has 0 bridgehead atoms. The van der Waals surface area contributed by atoms with E-state index in [1.165, 1.54) is 11.1 Å². The monoisotopic (exact) mass is 311 g/mol.